The minimum absolute atomic E-state index is 0.144. The third-order valence-corrected chi connectivity index (χ3v) is 8.08. The van der Waals surface area contributed by atoms with Crippen molar-refractivity contribution >= 4 is 11.9 Å². The smallest absolute Gasteiger partial charge is 0.333 e. The molecule has 2 aliphatic heterocycles. The third-order valence-electron chi connectivity index (χ3n) is 8.08. The Morgan fingerprint density at radius 2 is 1.51 bits per heavy atom. The number of aliphatic hydroxyl groups excluding tert-OH is 3. The van der Waals surface area contributed by atoms with Crippen LogP contribution in [0.4, 0.5) is 0 Å². The van der Waals surface area contributed by atoms with E-state index in [1.54, 1.807) is 0 Å². The molecule has 13 nitrogen and oxygen atoms in total. The van der Waals surface area contributed by atoms with Crippen molar-refractivity contribution in [2.24, 2.45) is 11.8 Å². The highest BCUT2D eigenvalue weighted by atomic mass is 16.5. The molecule has 0 aromatic rings. The van der Waals surface area contributed by atoms with Gasteiger partial charge in [0, 0.05) is 58.4 Å². The van der Waals surface area contributed by atoms with E-state index in [1.807, 2.05) is 13.8 Å². The maximum atomic E-state index is 11.9. The Labute approximate surface area is 242 Å². The molecule has 13 heteroatoms. The molecular formula is C28H51NO12. The number of carboxylic acid groups (broad SMARTS) is 1. The van der Waals surface area contributed by atoms with Gasteiger partial charge in [-0.25, -0.2) is 4.79 Å². The van der Waals surface area contributed by atoms with Crippen LogP contribution < -0.4 is 5.32 Å². The first-order chi connectivity index (χ1) is 19.5. The second-order valence-corrected chi connectivity index (χ2v) is 11.0. The first-order valence-corrected chi connectivity index (χ1v) is 14.7. The van der Waals surface area contributed by atoms with E-state index in [4.69, 9.17) is 23.7 Å². The molecule has 41 heavy (non-hydrogen) atoms. The van der Waals surface area contributed by atoms with Crippen LogP contribution in [-0.2, 0) is 33.3 Å². The van der Waals surface area contributed by atoms with Crippen LogP contribution >= 0.6 is 0 Å². The summed E-state index contributed by atoms with van der Waals surface area (Å²) in [5.41, 5.74) is -1.68. The number of nitrogens with one attached hydrogen (secondary N) is 1. The van der Waals surface area contributed by atoms with Crippen LogP contribution in [0.1, 0.15) is 59.8 Å². The fourth-order valence-corrected chi connectivity index (χ4v) is 5.87. The second kappa shape index (κ2) is 17.6. The number of carbonyl (C=O) groups is 2. The van der Waals surface area contributed by atoms with E-state index in [2.05, 4.69) is 5.32 Å². The predicted molar refractivity (Wildman–Crippen MR) is 146 cm³/mol. The average molecular weight is 594 g/mol. The average Bonchev–Trinajstić information content (AvgIpc) is 2.91. The van der Waals surface area contributed by atoms with Gasteiger partial charge in [0.2, 0.25) is 5.91 Å². The number of carbonyl (C=O) groups excluding carboxylic acids is 1. The minimum Gasteiger partial charge on any atom is -0.479 e. The van der Waals surface area contributed by atoms with Crippen LogP contribution in [0, 0.1) is 11.8 Å². The standard InChI is InChI=1S/C28H51NO12/c1-5-37-13-9-19-25(27(34)35)41-22(28(4,36)26(19)33)11-15-39-12-7-8-18-23(29-17(3)31)20(10-14-38-6-2)40-21(16-30)24(18)32/h18-26,30,32-33,36H,5-16H2,1-4H3,(H,29,31)(H,34,35). The molecule has 0 radical (unpaired) electrons. The highest BCUT2D eigenvalue weighted by molar-refractivity contribution is 5.73. The summed E-state index contributed by atoms with van der Waals surface area (Å²) in [4.78, 5) is 23.8. The van der Waals surface area contributed by atoms with Gasteiger partial charge in [-0.1, -0.05) is 0 Å². The SMILES string of the molecule is CCOCCC1OC(CO)C(O)C(CCCOCCC2OC(C(=O)O)C(CCOCC)C(O)C2(C)O)C1NC(C)=O. The Kier molecular flexibility index (Phi) is 15.4. The van der Waals surface area contributed by atoms with Crippen LogP contribution in [0.3, 0.4) is 0 Å². The zero-order chi connectivity index (χ0) is 30.6. The van der Waals surface area contributed by atoms with Gasteiger partial charge in [0.15, 0.2) is 6.10 Å². The van der Waals surface area contributed by atoms with E-state index in [1.165, 1.54) is 13.8 Å². The summed E-state index contributed by atoms with van der Waals surface area (Å²) in [6.07, 6.45) is -3.89. The van der Waals surface area contributed by atoms with Crippen molar-refractivity contribution in [3.05, 3.63) is 0 Å². The van der Waals surface area contributed by atoms with Crippen molar-refractivity contribution in [1.82, 2.24) is 5.32 Å². The molecule has 240 valence electrons. The molecule has 0 aromatic heterocycles. The Morgan fingerprint density at radius 3 is 2.10 bits per heavy atom. The minimum atomic E-state index is -1.68. The highest BCUT2D eigenvalue weighted by Gasteiger charge is 2.53. The summed E-state index contributed by atoms with van der Waals surface area (Å²) in [6, 6.07) is -0.471. The number of rotatable bonds is 18. The first kappa shape index (κ1) is 35.8. The highest BCUT2D eigenvalue weighted by Crippen LogP contribution is 2.37. The second-order valence-electron chi connectivity index (χ2n) is 11.0. The Morgan fingerprint density at radius 1 is 0.878 bits per heavy atom. The number of amides is 1. The fraction of sp³-hybridized carbons (Fsp3) is 0.929. The molecule has 1 amide bonds. The molecule has 0 saturated carbocycles. The van der Waals surface area contributed by atoms with E-state index >= 15 is 0 Å². The largest absolute Gasteiger partial charge is 0.479 e. The molecule has 10 unspecified atom stereocenters. The van der Waals surface area contributed by atoms with Crippen LogP contribution in [0.25, 0.3) is 0 Å². The summed E-state index contributed by atoms with van der Waals surface area (Å²) in [5.74, 6) is -2.68. The normalized spacial score (nSPS) is 35.8. The summed E-state index contributed by atoms with van der Waals surface area (Å²) >= 11 is 0. The summed E-state index contributed by atoms with van der Waals surface area (Å²) in [6.45, 7) is 8.26. The van der Waals surface area contributed by atoms with Crippen molar-refractivity contribution in [3.63, 3.8) is 0 Å². The maximum Gasteiger partial charge on any atom is 0.333 e. The van der Waals surface area contributed by atoms with E-state index in [9.17, 15) is 35.1 Å². The zero-order valence-corrected chi connectivity index (χ0v) is 24.8. The summed E-state index contributed by atoms with van der Waals surface area (Å²) < 4.78 is 28.2. The lowest BCUT2D eigenvalue weighted by atomic mass is 9.76. The van der Waals surface area contributed by atoms with Crippen LogP contribution in [0.15, 0.2) is 0 Å². The topological polar surface area (TPSA) is 193 Å². The van der Waals surface area contributed by atoms with Crippen molar-refractivity contribution in [2.45, 2.75) is 108 Å². The Bertz CT molecular complexity index is 783. The molecule has 0 aliphatic carbocycles. The Hall–Kier alpha value is -1.42. The number of ether oxygens (including phenoxy) is 5. The molecule has 2 saturated heterocycles. The van der Waals surface area contributed by atoms with Crippen molar-refractivity contribution < 1.29 is 58.8 Å². The van der Waals surface area contributed by atoms with E-state index in [0.717, 1.165) is 0 Å². The molecule has 2 fully saturated rings. The lowest BCUT2D eigenvalue weighted by Gasteiger charge is -2.47. The predicted octanol–water partition coefficient (Wildman–Crippen LogP) is -0.152. The number of aliphatic carboxylic acids is 1. The lowest BCUT2D eigenvalue weighted by Crippen LogP contribution is -2.63. The molecule has 0 bridgehead atoms. The van der Waals surface area contributed by atoms with Gasteiger partial charge in [0.1, 0.15) is 11.7 Å². The van der Waals surface area contributed by atoms with Gasteiger partial charge in [-0.15, -0.1) is 0 Å². The number of carboxylic acids is 1. The van der Waals surface area contributed by atoms with Gasteiger partial charge in [-0.3, -0.25) is 4.79 Å². The monoisotopic (exact) mass is 593 g/mol. The van der Waals surface area contributed by atoms with E-state index in [-0.39, 0.29) is 44.5 Å². The number of hydrogen-bond acceptors (Lipinski definition) is 11. The first-order valence-electron chi connectivity index (χ1n) is 14.7. The Balaban J connectivity index is 1.92. The molecule has 0 spiro atoms. The van der Waals surface area contributed by atoms with Gasteiger partial charge in [-0.2, -0.15) is 0 Å². The molecule has 2 heterocycles. The zero-order valence-electron chi connectivity index (χ0n) is 24.8. The summed E-state index contributed by atoms with van der Waals surface area (Å²) in [5, 5.41) is 55.1. The molecule has 6 N–H and O–H groups in total. The molecule has 0 aromatic carbocycles. The van der Waals surface area contributed by atoms with E-state index in [0.29, 0.717) is 45.7 Å². The van der Waals surface area contributed by atoms with Gasteiger partial charge < -0.3 is 54.5 Å². The lowest BCUT2D eigenvalue weighted by molar-refractivity contribution is -0.253. The van der Waals surface area contributed by atoms with Gasteiger partial charge in [0.05, 0.1) is 37.1 Å². The molecular weight excluding hydrogens is 542 g/mol. The number of aliphatic hydroxyl groups is 4. The van der Waals surface area contributed by atoms with E-state index < -0.39 is 60.2 Å². The van der Waals surface area contributed by atoms with Crippen molar-refractivity contribution in [3.8, 4) is 0 Å². The van der Waals surface area contributed by atoms with Crippen LogP contribution in [-0.4, -0.2) is 132 Å². The van der Waals surface area contributed by atoms with Gasteiger partial charge in [-0.05, 0) is 52.9 Å². The van der Waals surface area contributed by atoms with Gasteiger partial charge >= 0.3 is 5.97 Å². The van der Waals surface area contributed by atoms with Crippen LogP contribution in [0.5, 0.6) is 0 Å². The van der Waals surface area contributed by atoms with Crippen LogP contribution in [0.2, 0.25) is 0 Å². The maximum absolute atomic E-state index is 11.9. The fourth-order valence-electron chi connectivity index (χ4n) is 5.87. The molecule has 10 atom stereocenters. The van der Waals surface area contributed by atoms with Crippen molar-refractivity contribution in [2.75, 3.05) is 46.2 Å². The third kappa shape index (κ3) is 10.1. The molecule has 2 rings (SSSR count). The number of hydrogen-bond donors (Lipinski definition) is 6. The van der Waals surface area contributed by atoms with Crippen molar-refractivity contribution in [1.29, 1.82) is 0 Å². The van der Waals surface area contributed by atoms with Gasteiger partial charge in [0.25, 0.3) is 0 Å². The molecule has 2 aliphatic rings. The summed E-state index contributed by atoms with van der Waals surface area (Å²) in [7, 11) is 0. The quantitative estimate of drug-likeness (QED) is 0.115.